The van der Waals surface area contributed by atoms with Crippen molar-refractivity contribution in [2.75, 3.05) is 53.7 Å². The topological polar surface area (TPSA) is 362 Å². The predicted octanol–water partition coefficient (Wildman–Crippen LogP) is 0.813. The molecule has 11 heterocycles. The van der Waals surface area contributed by atoms with Crippen LogP contribution in [0, 0.1) is 17.8 Å². The number of amides is 8. The molecule has 1 aliphatic carbocycles. The van der Waals surface area contributed by atoms with Gasteiger partial charge in [-0.2, -0.15) is 0 Å². The smallest absolute Gasteiger partial charge is 0.276 e. The first-order chi connectivity index (χ1) is 46.7. The summed E-state index contributed by atoms with van der Waals surface area (Å²) in [6.45, 7) is 6.80. The number of ether oxygens (including phenoxy) is 10. The molecule has 28 nitrogen and oxygen atoms in total. The van der Waals surface area contributed by atoms with Crippen LogP contribution < -0.4 is 31.9 Å². The molecule has 8 N–H and O–H groups in total. The number of fused-ring (bicyclic) bond motifs is 6. The molecule has 0 spiro atoms. The van der Waals surface area contributed by atoms with Crippen molar-refractivity contribution in [2.45, 2.75) is 232 Å². The van der Waals surface area contributed by atoms with Crippen molar-refractivity contribution in [3.63, 3.8) is 0 Å². The van der Waals surface area contributed by atoms with E-state index in [-0.39, 0.29) is 123 Å². The number of nitrogens with zero attached hydrogens (tertiary/aromatic N) is 1. The highest BCUT2D eigenvalue weighted by Gasteiger charge is 2.73. The summed E-state index contributed by atoms with van der Waals surface area (Å²) < 4.78 is 64.6. The molecular formula is C69H95N7O21. The van der Waals surface area contributed by atoms with E-state index >= 15 is 0 Å². The van der Waals surface area contributed by atoms with Crippen LogP contribution in [-0.2, 0) is 96.9 Å². The molecule has 13 bridgehead atoms. The van der Waals surface area contributed by atoms with Gasteiger partial charge in [-0.1, -0.05) is 49.9 Å². The lowest BCUT2D eigenvalue weighted by Gasteiger charge is -2.70. The monoisotopic (exact) mass is 1360 g/mol. The number of benzene rings is 1. The van der Waals surface area contributed by atoms with Gasteiger partial charge in [-0.25, -0.2) is 0 Å². The van der Waals surface area contributed by atoms with E-state index in [1.165, 1.54) is 19.3 Å². The number of carbonyl (C=O) groups is 9. The van der Waals surface area contributed by atoms with Gasteiger partial charge in [0, 0.05) is 109 Å². The van der Waals surface area contributed by atoms with Crippen molar-refractivity contribution in [3.8, 4) is 0 Å². The van der Waals surface area contributed by atoms with E-state index in [4.69, 9.17) is 47.4 Å². The SMILES string of the molecule is C=C1C[C@@H]2CC[C@@]3(O)C[C@H]4OC5[C@@H]6[C@@H](O[C@H]7CC[C@H](CC(=O)C[C@@H]8[C@@H](OC)[C@@H](C[C@@H](CNC(=O)[C@@H](O)OCNC(=O)CNC(=O)[C@H](Cc9ccccc9)NC(=O)CNC(=O)CNC(=O)CCCCCN9C(=O)C=CC9=O)OC)O[C@H]8C[C@H]8O[C@H](CCC8=C)CC[C@@H]1O2)O[C@@H]7[C@@H]6O3)[C@@H]54. The Labute approximate surface area is 564 Å². The summed E-state index contributed by atoms with van der Waals surface area (Å²) in [7, 11) is 3.05. The Morgan fingerprint density at radius 3 is 2.15 bits per heavy atom. The fraction of sp³-hybridized carbons (Fsp3) is 0.696. The van der Waals surface area contributed by atoms with Crippen LogP contribution in [0.2, 0.25) is 0 Å². The number of carbonyl (C=O) groups excluding carboxylic acids is 9. The summed E-state index contributed by atoms with van der Waals surface area (Å²) >= 11 is 0. The van der Waals surface area contributed by atoms with Crippen molar-refractivity contribution in [1.29, 1.82) is 0 Å². The Balaban J connectivity index is 0.637. The molecule has 0 aromatic heterocycles. The first-order valence-electron chi connectivity index (χ1n) is 34.5. The van der Waals surface area contributed by atoms with E-state index in [9.17, 15) is 53.4 Å². The van der Waals surface area contributed by atoms with Crippen LogP contribution in [-0.4, -0.2) is 232 Å². The number of hydrogen-bond donors (Lipinski definition) is 8. The third-order valence-corrected chi connectivity index (χ3v) is 20.9. The molecular weight excluding hydrogens is 1260 g/mol. The van der Waals surface area contributed by atoms with Crippen molar-refractivity contribution in [1.82, 2.24) is 36.8 Å². The summed E-state index contributed by atoms with van der Waals surface area (Å²) in [5.41, 5.74) is 2.64. The van der Waals surface area contributed by atoms with E-state index in [1.54, 1.807) is 37.4 Å². The molecule has 8 amide bonds. The number of aliphatic hydroxyl groups is 2. The minimum absolute atomic E-state index is 0.0169. The standard InChI is InChI=1S/C69H95N7O21/c1-37-14-15-41-16-18-47-38(2)25-43(92-47)22-23-69(87)31-52-59-63-60(64(59)96-52)65(97-69)62-48(95-63)19-17-42(93-62)27-40(77)28-45-50(30-49(37)91-41)94-51(61(45)89-4)29-44(88-3)32-72-67(85)68(86)90-36-74-55(80)34-73-66(84)46(26-39-11-7-5-8-12-39)75-56(81)35-71-54(79)33-70-53(78)13-9-6-10-24-76-57(82)20-21-58(76)83/h5,7-8,11-12,20-21,41-52,59-65,68,86-87H,1-2,6,9-10,13-19,22-36H2,3-4H3,(H,70,78)(H,71,79)(H,72,85)(H,73,84)(H,74,80)(H,75,81)/t41-,42-,43+,44+,45+,46+,47+,48+,49-,50+,51-,52-,59+,60+,61-,62+,63+,64?,65-,68+,69+/m1/s1. The maximum absolute atomic E-state index is 14.6. The van der Waals surface area contributed by atoms with Crippen LogP contribution in [0.15, 0.2) is 66.8 Å². The number of methoxy groups -OCH3 is 2. The number of nitrogens with one attached hydrogen (secondary N) is 6. The van der Waals surface area contributed by atoms with E-state index in [1.807, 2.05) is 0 Å². The zero-order valence-electron chi connectivity index (χ0n) is 55.3. The van der Waals surface area contributed by atoms with Crippen LogP contribution in [0.25, 0.3) is 0 Å². The lowest BCUT2D eigenvalue weighted by atomic mass is 9.56. The maximum Gasteiger partial charge on any atom is 0.276 e. The lowest BCUT2D eigenvalue weighted by molar-refractivity contribution is -0.444. The van der Waals surface area contributed by atoms with Gasteiger partial charge in [-0.15, -0.1) is 0 Å². The summed E-state index contributed by atoms with van der Waals surface area (Å²) in [5, 5.41) is 37.9. The largest absolute Gasteiger partial charge is 0.380 e. The predicted molar refractivity (Wildman–Crippen MR) is 340 cm³/mol. The summed E-state index contributed by atoms with van der Waals surface area (Å²) in [6.07, 6.45) is 4.16. The van der Waals surface area contributed by atoms with Crippen LogP contribution in [0.3, 0.4) is 0 Å². The minimum atomic E-state index is -2.04. The number of ketones is 1. The third-order valence-electron chi connectivity index (χ3n) is 20.9. The molecule has 21 atom stereocenters. The average Bonchev–Trinajstić information content (AvgIpc) is 1.17. The van der Waals surface area contributed by atoms with Crippen molar-refractivity contribution in [2.24, 2.45) is 17.8 Å². The van der Waals surface area contributed by atoms with E-state index in [0.717, 1.165) is 41.7 Å². The number of Topliss-reactive ketones (excluding diaryl/α,β-unsaturated/α-hetero) is 1. The van der Waals surface area contributed by atoms with Crippen molar-refractivity contribution in [3.05, 3.63) is 72.4 Å². The summed E-state index contributed by atoms with van der Waals surface area (Å²) in [4.78, 5) is 117. The molecule has 1 saturated carbocycles. The van der Waals surface area contributed by atoms with E-state index < -0.39 is 129 Å². The van der Waals surface area contributed by atoms with Gasteiger partial charge in [-0.3, -0.25) is 48.1 Å². The Morgan fingerprint density at radius 1 is 0.670 bits per heavy atom. The van der Waals surface area contributed by atoms with Gasteiger partial charge in [0.25, 0.3) is 17.7 Å². The van der Waals surface area contributed by atoms with Gasteiger partial charge in [-0.05, 0) is 80.9 Å². The van der Waals surface area contributed by atoms with E-state index in [0.29, 0.717) is 69.8 Å². The highest BCUT2D eigenvalue weighted by molar-refractivity contribution is 6.12. The fourth-order valence-corrected chi connectivity index (χ4v) is 15.8. The Morgan fingerprint density at radius 2 is 1.38 bits per heavy atom. The molecule has 10 saturated heterocycles. The van der Waals surface area contributed by atoms with Gasteiger partial charge in [0.15, 0.2) is 5.79 Å². The molecule has 532 valence electrons. The molecule has 1 aromatic rings. The van der Waals surface area contributed by atoms with Gasteiger partial charge in [0.05, 0.1) is 105 Å². The number of hydrogen-bond acceptors (Lipinski definition) is 21. The normalized spacial score (nSPS) is 34.5. The van der Waals surface area contributed by atoms with Crippen molar-refractivity contribution < 1.29 is 101 Å². The number of imide groups is 1. The van der Waals surface area contributed by atoms with Crippen LogP contribution in [0.1, 0.15) is 121 Å². The maximum atomic E-state index is 14.6. The first-order valence-corrected chi connectivity index (χ1v) is 34.5. The molecule has 12 aliphatic rings. The van der Waals surface area contributed by atoms with Gasteiger partial charge >= 0.3 is 0 Å². The van der Waals surface area contributed by atoms with Crippen LogP contribution in [0.5, 0.6) is 0 Å². The average molecular weight is 1360 g/mol. The lowest BCUT2D eigenvalue weighted by Crippen LogP contribution is -2.81. The number of aliphatic hydroxyl groups excluding tert-OH is 1. The fourth-order valence-electron chi connectivity index (χ4n) is 15.8. The number of rotatable bonds is 26. The Kier molecular flexibility index (Phi) is 24.2. The van der Waals surface area contributed by atoms with Crippen molar-refractivity contribution >= 4 is 53.0 Å². The molecule has 97 heavy (non-hydrogen) atoms. The molecule has 13 rings (SSSR count). The molecule has 1 aromatic carbocycles. The molecule has 11 aliphatic heterocycles. The second-order valence-electron chi connectivity index (χ2n) is 27.5. The quantitative estimate of drug-likeness (QED) is 0.0275. The number of unbranched alkanes of at least 4 members (excludes halogenated alkanes) is 2. The molecule has 1 unspecified atom stereocenters. The van der Waals surface area contributed by atoms with Crippen LogP contribution in [0.4, 0.5) is 0 Å². The highest BCUT2D eigenvalue weighted by Crippen LogP contribution is 2.61. The Hall–Kier alpha value is -6.41. The minimum Gasteiger partial charge on any atom is -0.380 e. The molecule has 0 radical (unpaired) electrons. The van der Waals surface area contributed by atoms with Crippen LogP contribution >= 0.6 is 0 Å². The van der Waals surface area contributed by atoms with Gasteiger partial charge < -0.3 is 89.5 Å². The summed E-state index contributed by atoms with van der Waals surface area (Å²) in [5.74, 6) is -6.79. The zero-order chi connectivity index (χ0) is 68.5. The third kappa shape index (κ3) is 18.0. The van der Waals surface area contributed by atoms with Gasteiger partial charge in [0.2, 0.25) is 35.8 Å². The molecule has 28 heteroatoms. The zero-order valence-corrected chi connectivity index (χ0v) is 55.3. The first kappa shape index (κ1) is 71.9. The summed E-state index contributed by atoms with van der Waals surface area (Å²) in [6, 6.07) is 7.54. The Bertz CT molecular complexity index is 3070. The second-order valence-corrected chi connectivity index (χ2v) is 27.5. The second kappa shape index (κ2) is 32.7. The van der Waals surface area contributed by atoms with Gasteiger partial charge in [0.1, 0.15) is 24.7 Å². The van der Waals surface area contributed by atoms with E-state index in [2.05, 4.69) is 45.1 Å². The highest BCUT2D eigenvalue weighted by atomic mass is 16.7. The molecule has 11 fully saturated rings.